The van der Waals surface area contributed by atoms with Crippen molar-refractivity contribution in [2.45, 2.75) is 19.3 Å². The highest BCUT2D eigenvalue weighted by atomic mass is 32.1. The Morgan fingerprint density at radius 2 is 2.50 bits per heavy atom. The van der Waals surface area contributed by atoms with Crippen LogP contribution in [0.2, 0.25) is 0 Å². The van der Waals surface area contributed by atoms with Gasteiger partial charge in [0.25, 0.3) is 0 Å². The maximum absolute atomic E-state index is 12.2. The highest BCUT2D eigenvalue weighted by molar-refractivity contribution is 7.10. The number of aromatic nitrogens is 2. The zero-order valence-electron chi connectivity index (χ0n) is 8.77. The molecule has 1 aliphatic rings. The predicted molar refractivity (Wildman–Crippen MR) is 62.8 cm³/mol. The first-order valence-electron chi connectivity index (χ1n) is 5.42. The Balaban J connectivity index is 1.82. The molecule has 0 amide bonds. The summed E-state index contributed by atoms with van der Waals surface area (Å²) in [5.41, 5.74) is 2.00. The van der Waals surface area contributed by atoms with Crippen LogP contribution in [0.1, 0.15) is 27.3 Å². The molecule has 1 aliphatic carbocycles. The highest BCUT2D eigenvalue weighted by Crippen LogP contribution is 2.30. The van der Waals surface area contributed by atoms with Crippen molar-refractivity contribution in [1.29, 1.82) is 0 Å². The van der Waals surface area contributed by atoms with Crippen molar-refractivity contribution >= 4 is 17.1 Å². The van der Waals surface area contributed by atoms with Crippen LogP contribution in [0.5, 0.6) is 0 Å². The number of carbonyl (C=O) groups is 1. The third-order valence-electron chi connectivity index (χ3n) is 3.12. The highest BCUT2D eigenvalue weighted by Gasteiger charge is 2.28. The Morgan fingerprint density at radius 1 is 1.56 bits per heavy atom. The molecule has 2 aromatic heterocycles. The maximum Gasteiger partial charge on any atom is 0.167 e. The standard InChI is InChI=1S/C12H12N2OS/c15-12-8(5-9-6-13-7-14-9)1-2-11-10(12)3-4-16-11/h3-4,6-8H,1-2,5H2,(H,13,14). The second-order valence-corrected chi connectivity index (χ2v) is 5.14. The number of hydrogen-bond acceptors (Lipinski definition) is 3. The summed E-state index contributed by atoms with van der Waals surface area (Å²) in [6.45, 7) is 0. The number of fused-ring (bicyclic) bond motifs is 1. The van der Waals surface area contributed by atoms with Crippen molar-refractivity contribution in [3.63, 3.8) is 0 Å². The average molecular weight is 232 g/mol. The number of aryl methyl sites for hydroxylation is 1. The molecule has 0 radical (unpaired) electrons. The average Bonchev–Trinajstić information content (AvgIpc) is 2.93. The van der Waals surface area contributed by atoms with E-state index in [9.17, 15) is 4.79 Å². The minimum atomic E-state index is 0.127. The summed E-state index contributed by atoms with van der Waals surface area (Å²) in [6.07, 6.45) is 6.26. The van der Waals surface area contributed by atoms with Gasteiger partial charge in [0, 0.05) is 28.2 Å². The Bertz CT molecular complexity index is 501. The van der Waals surface area contributed by atoms with E-state index >= 15 is 0 Å². The molecule has 3 rings (SSSR count). The molecule has 2 aromatic rings. The molecule has 3 nitrogen and oxygen atoms in total. The van der Waals surface area contributed by atoms with E-state index in [1.54, 1.807) is 23.9 Å². The Hall–Kier alpha value is -1.42. The Labute approximate surface area is 97.5 Å². The molecule has 2 heterocycles. The van der Waals surface area contributed by atoms with Crippen molar-refractivity contribution in [3.8, 4) is 0 Å². The smallest absolute Gasteiger partial charge is 0.167 e. The van der Waals surface area contributed by atoms with Crippen LogP contribution in [-0.4, -0.2) is 15.8 Å². The summed E-state index contributed by atoms with van der Waals surface area (Å²) >= 11 is 1.70. The minimum absolute atomic E-state index is 0.127. The number of H-pyrrole nitrogens is 1. The Kier molecular flexibility index (Phi) is 2.36. The molecular weight excluding hydrogens is 220 g/mol. The van der Waals surface area contributed by atoms with E-state index in [4.69, 9.17) is 0 Å². The van der Waals surface area contributed by atoms with Crippen molar-refractivity contribution < 1.29 is 4.79 Å². The van der Waals surface area contributed by atoms with Crippen molar-refractivity contribution in [1.82, 2.24) is 9.97 Å². The molecule has 0 aromatic carbocycles. The van der Waals surface area contributed by atoms with Crippen LogP contribution in [0, 0.1) is 5.92 Å². The first-order valence-corrected chi connectivity index (χ1v) is 6.30. The van der Waals surface area contributed by atoms with Crippen LogP contribution in [0.3, 0.4) is 0 Å². The number of carbonyl (C=O) groups excluding carboxylic acids is 1. The molecule has 0 bridgehead atoms. The summed E-state index contributed by atoms with van der Waals surface area (Å²) in [5, 5.41) is 2.02. The summed E-state index contributed by atoms with van der Waals surface area (Å²) < 4.78 is 0. The van der Waals surface area contributed by atoms with E-state index in [0.717, 1.165) is 30.5 Å². The van der Waals surface area contributed by atoms with Crippen molar-refractivity contribution in [3.05, 3.63) is 40.1 Å². The lowest BCUT2D eigenvalue weighted by molar-refractivity contribution is 0.0902. The second kappa shape index (κ2) is 3.87. The van der Waals surface area contributed by atoms with Gasteiger partial charge in [0.15, 0.2) is 5.78 Å². The fourth-order valence-corrected chi connectivity index (χ4v) is 3.17. The predicted octanol–water partition coefficient (Wildman–Crippen LogP) is 2.46. The van der Waals surface area contributed by atoms with Crippen LogP contribution < -0.4 is 0 Å². The molecule has 1 atom stereocenters. The van der Waals surface area contributed by atoms with Crippen molar-refractivity contribution in [2.75, 3.05) is 0 Å². The fraction of sp³-hybridized carbons (Fsp3) is 0.333. The summed E-state index contributed by atoms with van der Waals surface area (Å²) in [5.74, 6) is 0.430. The van der Waals surface area contributed by atoms with Gasteiger partial charge in [0.05, 0.1) is 6.33 Å². The van der Waals surface area contributed by atoms with Crippen LogP contribution in [-0.2, 0) is 12.8 Å². The molecular formula is C12H12N2OS. The number of hydrogen-bond donors (Lipinski definition) is 1. The molecule has 0 aliphatic heterocycles. The molecule has 4 heteroatoms. The summed E-state index contributed by atoms with van der Waals surface area (Å²) in [4.78, 5) is 20.5. The van der Waals surface area contributed by atoms with Gasteiger partial charge in [-0.05, 0) is 30.7 Å². The topological polar surface area (TPSA) is 45.8 Å². The number of thiophene rings is 1. The van der Waals surface area contributed by atoms with Gasteiger partial charge in [-0.25, -0.2) is 4.98 Å². The molecule has 0 spiro atoms. The van der Waals surface area contributed by atoms with Gasteiger partial charge in [-0.15, -0.1) is 11.3 Å². The molecule has 0 saturated heterocycles. The fourth-order valence-electron chi connectivity index (χ4n) is 2.27. The zero-order valence-corrected chi connectivity index (χ0v) is 9.59. The zero-order chi connectivity index (χ0) is 11.0. The quantitative estimate of drug-likeness (QED) is 0.864. The van der Waals surface area contributed by atoms with E-state index in [0.29, 0.717) is 5.78 Å². The number of Topliss-reactive ketones (excluding diaryl/α,β-unsaturated/α-hetero) is 1. The number of aromatic amines is 1. The van der Waals surface area contributed by atoms with Gasteiger partial charge in [-0.3, -0.25) is 4.79 Å². The third kappa shape index (κ3) is 1.59. The number of ketones is 1. The first-order chi connectivity index (χ1) is 7.84. The first kappa shape index (κ1) is 9.78. The molecule has 1 N–H and O–H groups in total. The van der Waals surface area contributed by atoms with Gasteiger partial charge in [-0.1, -0.05) is 0 Å². The van der Waals surface area contributed by atoms with E-state index in [2.05, 4.69) is 9.97 Å². The number of rotatable bonds is 2. The van der Waals surface area contributed by atoms with Crippen LogP contribution >= 0.6 is 11.3 Å². The van der Waals surface area contributed by atoms with Gasteiger partial charge >= 0.3 is 0 Å². The second-order valence-electron chi connectivity index (χ2n) is 4.14. The molecule has 16 heavy (non-hydrogen) atoms. The minimum Gasteiger partial charge on any atom is -0.348 e. The molecule has 1 unspecified atom stereocenters. The summed E-state index contributed by atoms with van der Waals surface area (Å²) in [6, 6.07) is 1.96. The van der Waals surface area contributed by atoms with Crippen molar-refractivity contribution in [2.24, 2.45) is 5.92 Å². The van der Waals surface area contributed by atoms with Crippen LogP contribution in [0.4, 0.5) is 0 Å². The van der Waals surface area contributed by atoms with E-state index in [1.807, 2.05) is 11.4 Å². The number of nitrogens with zero attached hydrogens (tertiary/aromatic N) is 1. The van der Waals surface area contributed by atoms with Gasteiger partial charge in [-0.2, -0.15) is 0 Å². The molecule has 82 valence electrons. The molecule has 0 fully saturated rings. The lowest BCUT2D eigenvalue weighted by Crippen LogP contribution is -2.23. The largest absolute Gasteiger partial charge is 0.348 e. The molecule has 0 saturated carbocycles. The number of imidazole rings is 1. The maximum atomic E-state index is 12.2. The third-order valence-corrected chi connectivity index (χ3v) is 4.10. The SMILES string of the molecule is O=C1c2ccsc2CCC1Cc1cnc[nH]1. The van der Waals surface area contributed by atoms with E-state index in [1.165, 1.54) is 4.88 Å². The Morgan fingerprint density at radius 3 is 3.31 bits per heavy atom. The normalized spacial score (nSPS) is 19.8. The summed E-state index contributed by atoms with van der Waals surface area (Å²) in [7, 11) is 0. The van der Waals surface area contributed by atoms with Gasteiger partial charge < -0.3 is 4.98 Å². The van der Waals surface area contributed by atoms with E-state index in [-0.39, 0.29) is 5.92 Å². The van der Waals surface area contributed by atoms with Crippen LogP contribution in [0.25, 0.3) is 0 Å². The van der Waals surface area contributed by atoms with Crippen LogP contribution in [0.15, 0.2) is 24.0 Å². The van der Waals surface area contributed by atoms with Gasteiger partial charge in [0.1, 0.15) is 0 Å². The lowest BCUT2D eigenvalue weighted by Gasteiger charge is -2.19. The van der Waals surface area contributed by atoms with E-state index < -0.39 is 0 Å². The number of nitrogens with one attached hydrogen (secondary N) is 1. The van der Waals surface area contributed by atoms with Gasteiger partial charge in [0.2, 0.25) is 0 Å². The lowest BCUT2D eigenvalue weighted by atomic mass is 9.84. The monoisotopic (exact) mass is 232 g/mol.